The summed E-state index contributed by atoms with van der Waals surface area (Å²) in [5, 5.41) is 13.1. The summed E-state index contributed by atoms with van der Waals surface area (Å²) in [6, 6.07) is 8.49. The highest BCUT2D eigenvalue weighted by atomic mass is 16.3. The standard InChI is InChI=1S/C15H24N2O/c1-12(2)9-16-10-13-5-3-4-6-15(13)17-8-7-14(18)11-17/h3-6,12,14,16,18H,7-11H2,1-2H3. The molecular weight excluding hydrogens is 224 g/mol. The second-order valence-corrected chi connectivity index (χ2v) is 5.54. The SMILES string of the molecule is CC(C)CNCc1ccccc1N1CCC(O)C1. The first-order chi connectivity index (χ1) is 8.66. The Labute approximate surface area is 110 Å². The molecule has 100 valence electrons. The van der Waals surface area contributed by atoms with Crippen LogP contribution in [0.25, 0.3) is 0 Å². The minimum atomic E-state index is -0.165. The van der Waals surface area contributed by atoms with Gasteiger partial charge < -0.3 is 15.3 Å². The van der Waals surface area contributed by atoms with Gasteiger partial charge in [-0.15, -0.1) is 0 Å². The van der Waals surface area contributed by atoms with Crippen molar-refractivity contribution in [3.05, 3.63) is 29.8 Å². The Bertz CT molecular complexity index is 379. The van der Waals surface area contributed by atoms with Crippen LogP contribution in [-0.4, -0.2) is 30.8 Å². The Morgan fingerprint density at radius 3 is 2.83 bits per heavy atom. The summed E-state index contributed by atoms with van der Waals surface area (Å²) in [6.45, 7) is 8.10. The van der Waals surface area contributed by atoms with E-state index < -0.39 is 0 Å². The number of anilines is 1. The predicted molar refractivity (Wildman–Crippen MR) is 75.8 cm³/mol. The van der Waals surface area contributed by atoms with Crippen molar-refractivity contribution in [2.24, 2.45) is 5.92 Å². The number of hydrogen-bond donors (Lipinski definition) is 2. The summed E-state index contributed by atoms with van der Waals surface area (Å²) >= 11 is 0. The highest BCUT2D eigenvalue weighted by molar-refractivity contribution is 5.54. The zero-order valence-corrected chi connectivity index (χ0v) is 11.4. The molecular formula is C15H24N2O. The largest absolute Gasteiger partial charge is 0.391 e. The molecule has 0 bridgehead atoms. The van der Waals surface area contributed by atoms with Gasteiger partial charge in [-0.25, -0.2) is 0 Å². The van der Waals surface area contributed by atoms with Gasteiger partial charge in [0.05, 0.1) is 6.10 Å². The minimum Gasteiger partial charge on any atom is -0.391 e. The van der Waals surface area contributed by atoms with Crippen LogP contribution in [-0.2, 0) is 6.54 Å². The minimum absolute atomic E-state index is 0.165. The van der Waals surface area contributed by atoms with Gasteiger partial charge in [0.15, 0.2) is 0 Å². The van der Waals surface area contributed by atoms with E-state index in [1.165, 1.54) is 11.3 Å². The quantitative estimate of drug-likeness (QED) is 0.836. The molecule has 1 heterocycles. The van der Waals surface area contributed by atoms with Crippen LogP contribution < -0.4 is 10.2 Å². The van der Waals surface area contributed by atoms with Gasteiger partial charge in [-0.3, -0.25) is 0 Å². The van der Waals surface area contributed by atoms with Crippen molar-refractivity contribution < 1.29 is 5.11 Å². The molecule has 3 heteroatoms. The molecule has 0 amide bonds. The van der Waals surface area contributed by atoms with Crippen LogP contribution in [0.4, 0.5) is 5.69 Å². The third-order valence-electron chi connectivity index (χ3n) is 3.36. The molecule has 1 aliphatic heterocycles. The molecule has 1 atom stereocenters. The molecule has 2 N–H and O–H groups in total. The Kier molecular flexibility index (Phi) is 4.61. The first kappa shape index (κ1) is 13.4. The average Bonchev–Trinajstić information content (AvgIpc) is 2.76. The predicted octanol–water partition coefficient (Wildman–Crippen LogP) is 2.00. The van der Waals surface area contributed by atoms with Crippen LogP contribution in [0.2, 0.25) is 0 Å². The molecule has 3 nitrogen and oxygen atoms in total. The molecule has 1 aromatic carbocycles. The molecule has 0 saturated carbocycles. The lowest BCUT2D eigenvalue weighted by Gasteiger charge is -2.22. The van der Waals surface area contributed by atoms with Crippen LogP contribution in [0.3, 0.4) is 0 Å². The van der Waals surface area contributed by atoms with Gasteiger partial charge in [-0.05, 0) is 30.5 Å². The van der Waals surface area contributed by atoms with E-state index >= 15 is 0 Å². The van der Waals surface area contributed by atoms with Gasteiger partial charge in [0.1, 0.15) is 0 Å². The smallest absolute Gasteiger partial charge is 0.0731 e. The number of para-hydroxylation sites is 1. The molecule has 1 saturated heterocycles. The monoisotopic (exact) mass is 248 g/mol. The van der Waals surface area contributed by atoms with Crippen molar-refractivity contribution in [1.29, 1.82) is 0 Å². The normalized spacial score (nSPS) is 19.8. The summed E-state index contributed by atoms with van der Waals surface area (Å²) < 4.78 is 0. The summed E-state index contributed by atoms with van der Waals surface area (Å²) in [5.74, 6) is 0.672. The molecule has 1 unspecified atom stereocenters. The van der Waals surface area contributed by atoms with Crippen molar-refractivity contribution in [2.75, 3.05) is 24.5 Å². The fraction of sp³-hybridized carbons (Fsp3) is 0.600. The van der Waals surface area contributed by atoms with E-state index in [1.807, 2.05) is 0 Å². The van der Waals surface area contributed by atoms with E-state index in [9.17, 15) is 5.11 Å². The highest BCUT2D eigenvalue weighted by Gasteiger charge is 2.21. The number of benzene rings is 1. The lowest BCUT2D eigenvalue weighted by Crippen LogP contribution is -2.25. The van der Waals surface area contributed by atoms with Crippen LogP contribution in [0.5, 0.6) is 0 Å². The highest BCUT2D eigenvalue weighted by Crippen LogP contribution is 2.24. The van der Waals surface area contributed by atoms with Gasteiger partial charge in [0.25, 0.3) is 0 Å². The summed E-state index contributed by atoms with van der Waals surface area (Å²) in [4.78, 5) is 2.29. The molecule has 0 aliphatic carbocycles. The number of nitrogens with zero attached hydrogens (tertiary/aromatic N) is 1. The number of aliphatic hydroxyl groups is 1. The van der Waals surface area contributed by atoms with Crippen LogP contribution in [0, 0.1) is 5.92 Å². The fourth-order valence-corrected chi connectivity index (χ4v) is 2.42. The van der Waals surface area contributed by atoms with E-state index in [0.717, 1.165) is 32.6 Å². The van der Waals surface area contributed by atoms with Crippen molar-refractivity contribution >= 4 is 5.69 Å². The second kappa shape index (κ2) is 6.21. The Morgan fingerprint density at radius 1 is 1.39 bits per heavy atom. The first-order valence-corrected chi connectivity index (χ1v) is 6.88. The van der Waals surface area contributed by atoms with Crippen LogP contribution in [0.1, 0.15) is 25.8 Å². The van der Waals surface area contributed by atoms with Crippen LogP contribution >= 0.6 is 0 Å². The van der Waals surface area contributed by atoms with Gasteiger partial charge >= 0.3 is 0 Å². The maximum Gasteiger partial charge on any atom is 0.0731 e. The molecule has 0 radical (unpaired) electrons. The third kappa shape index (κ3) is 3.47. The zero-order chi connectivity index (χ0) is 13.0. The van der Waals surface area contributed by atoms with Gasteiger partial charge in [0.2, 0.25) is 0 Å². The summed E-state index contributed by atoms with van der Waals surface area (Å²) in [6.07, 6.45) is 0.718. The number of nitrogens with one attached hydrogen (secondary N) is 1. The molecule has 18 heavy (non-hydrogen) atoms. The first-order valence-electron chi connectivity index (χ1n) is 6.88. The average molecular weight is 248 g/mol. The van der Waals surface area contributed by atoms with Crippen LogP contribution in [0.15, 0.2) is 24.3 Å². The van der Waals surface area contributed by atoms with E-state index in [1.54, 1.807) is 0 Å². The summed E-state index contributed by atoms with van der Waals surface area (Å²) in [5.41, 5.74) is 2.59. The molecule has 1 aromatic rings. The van der Waals surface area contributed by atoms with Crippen molar-refractivity contribution in [3.8, 4) is 0 Å². The molecule has 1 fully saturated rings. The van der Waals surface area contributed by atoms with Gasteiger partial charge in [-0.1, -0.05) is 32.0 Å². The van der Waals surface area contributed by atoms with Gasteiger partial charge in [0, 0.05) is 25.3 Å². The molecule has 0 spiro atoms. The Hall–Kier alpha value is -1.06. The second-order valence-electron chi connectivity index (χ2n) is 5.54. The maximum absolute atomic E-state index is 9.64. The molecule has 2 rings (SSSR count). The topological polar surface area (TPSA) is 35.5 Å². The van der Waals surface area contributed by atoms with Crippen molar-refractivity contribution in [1.82, 2.24) is 5.32 Å². The Morgan fingerprint density at radius 2 is 2.17 bits per heavy atom. The van der Waals surface area contributed by atoms with E-state index in [4.69, 9.17) is 0 Å². The zero-order valence-electron chi connectivity index (χ0n) is 11.4. The van der Waals surface area contributed by atoms with E-state index in [-0.39, 0.29) is 6.10 Å². The van der Waals surface area contributed by atoms with Crippen molar-refractivity contribution in [2.45, 2.75) is 32.9 Å². The third-order valence-corrected chi connectivity index (χ3v) is 3.36. The number of β-amino-alcohol motifs (C(OH)–C–C–N with tert-alkyl or cyclic N) is 1. The maximum atomic E-state index is 9.64. The fourth-order valence-electron chi connectivity index (χ4n) is 2.42. The number of hydrogen-bond acceptors (Lipinski definition) is 3. The number of rotatable bonds is 5. The lowest BCUT2D eigenvalue weighted by molar-refractivity contribution is 0.198. The van der Waals surface area contributed by atoms with E-state index in [2.05, 4.69) is 48.3 Å². The van der Waals surface area contributed by atoms with Crippen molar-refractivity contribution in [3.63, 3.8) is 0 Å². The number of aliphatic hydroxyl groups excluding tert-OH is 1. The Balaban J connectivity index is 2.01. The van der Waals surface area contributed by atoms with Gasteiger partial charge in [-0.2, -0.15) is 0 Å². The molecule has 0 aromatic heterocycles. The lowest BCUT2D eigenvalue weighted by atomic mass is 10.1. The summed E-state index contributed by atoms with van der Waals surface area (Å²) in [7, 11) is 0. The van der Waals surface area contributed by atoms with E-state index in [0.29, 0.717) is 5.92 Å². The molecule has 1 aliphatic rings.